The van der Waals surface area contributed by atoms with Crippen LogP contribution in [0, 0.1) is 5.92 Å². The molecule has 0 heterocycles. The van der Waals surface area contributed by atoms with Gasteiger partial charge in [-0.3, -0.25) is 0 Å². The predicted octanol–water partition coefficient (Wildman–Crippen LogP) is 2.28. The molecule has 0 aliphatic heterocycles. The van der Waals surface area contributed by atoms with Crippen molar-refractivity contribution in [2.45, 2.75) is 71.0 Å². The normalized spacial score (nSPS) is 30.6. The fourth-order valence-electron chi connectivity index (χ4n) is 2.51. The minimum atomic E-state index is 0.387. The van der Waals surface area contributed by atoms with Gasteiger partial charge in [0.2, 0.25) is 0 Å². The highest BCUT2D eigenvalue weighted by atomic mass is 15.0. The first-order valence-corrected chi connectivity index (χ1v) is 6.11. The van der Waals surface area contributed by atoms with Crippen LogP contribution in [0.15, 0.2) is 0 Å². The number of rotatable bonds is 4. The molecule has 84 valence electrons. The Labute approximate surface area is 88.6 Å². The molecule has 0 aromatic heterocycles. The van der Waals surface area contributed by atoms with Crippen molar-refractivity contribution in [1.82, 2.24) is 5.32 Å². The smallest absolute Gasteiger partial charge is 0.0221 e. The van der Waals surface area contributed by atoms with E-state index in [4.69, 9.17) is 5.73 Å². The summed E-state index contributed by atoms with van der Waals surface area (Å²) in [6, 6.07) is 1.57. The maximum atomic E-state index is 6.10. The second kappa shape index (κ2) is 5.72. The molecule has 14 heavy (non-hydrogen) atoms. The van der Waals surface area contributed by atoms with Gasteiger partial charge < -0.3 is 11.1 Å². The van der Waals surface area contributed by atoms with Crippen LogP contribution in [0.2, 0.25) is 0 Å². The molecule has 0 radical (unpaired) electrons. The van der Waals surface area contributed by atoms with E-state index >= 15 is 0 Å². The summed E-state index contributed by atoms with van der Waals surface area (Å²) in [5, 5.41) is 3.67. The lowest BCUT2D eigenvalue weighted by atomic mass is 9.90. The van der Waals surface area contributed by atoms with Crippen LogP contribution in [-0.2, 0) is 0 Å². The van der Waals surface area contributed by atoms with Gasteiger partial charge in [-0.2, -0.15) is 0 Å². The number of nitrogens with two attached hydrogens (primary N) is 1. The van der Waals surface area contributed by atoms with E-state index < -0.39 is 0 Å². The van der Waals surface area contributed by atoms with Gasteiger partial charge in [-0.25, -0.2) is 0 Å². The van der Waals surface area contributed by atoms with Crippen LogP contribution in [0.3, 0.4) is 0 Å². The van der Waals surface area contributed by atoms with Gasteiger partial charge in [0.15, 0.2) is 0 Å². The Balaban J connectivity index is 2.27. The molecule has 0 saturated heterocycles. The number of hydrogen-bond donors (Lipinski definition) is 2. The van der Waals surface area contributed by atoms with E-state index in [0.717, 1.165) is 5.92 Å². The SMILES string of the molecule is CC(C)CC(C)NC1CCCC[C@@H]1N. The summed E-state index contributed by atoms with van der Waals surface area (Å²) in [7, 11) is 0. The van der Waals surface area contributed by atoms with Crippen molar-refractivity contribution in [2.75, 3.05) is 0 Å². The first-order chi connectivity index (χ1) is 6.59. The molecule has 0 spiro atoms. The van der Waals surface area contributed by atoms with E-state index in [0.29, 0.717) is 18.1 Å². The van der Waals surface area contributed by atoms with Gasteiger partial charge in [-0.05, 0) is 32.1 Å². The third kappa shape index (κ3) is 3.97. The van der Waals surface area contributed by atoms with Gasteiger partial charge in [-0.1, -0.05) is 26.7 Å². The third-order valence-corrected chi connectivity index (χ3v) is 3.14. The van der Waals surface area contributed by atoms with Gasteiger partial charge in [0.25, 0.3) is 0 Å². The second-order valence-electron chi connectivity index (χ2n) is 5.25. The largest absolute Gasteiger partial charge is 0.326 e. The Hall–Kier alpha value is -0.0800. The minimum absolute atomic E-state index is 0.387. The fourth-order valence-corrected chi connectivity index (χ4v) is 2.51. The van der Waals surface area contributed by atoms with Crippen LogP contribution >= 0.6 is 0 Å². The van der Waals surface area contributed by atoms with Gasteiger partial charge in [0.05, 0.1) is 0 Å². The average Bonchev–Trinajstić information content (AvgIpc) is 2.07. The monoisotopic (exact) mass is 198 g/mol. The Kier molecular flexibility index (Phi) is 4.90. The molecule has 1 rings (SSSR count). The molecule has 2 unspecified atom stereocenters. The standard InChI is InChI=1S/C12H26N2/c1-9(2)8-10(3)14-12-7-5-4-6-11(12)13/h9-12,14H,4-8,13H2,1-3H3/t10?,11-,12?/m0/s1. The molecule has 0 aromatic carbocycles. The van der Waals surface area contributed by atoms with Gasteiger partial charge >= 0.3 is 0 Å². The molecule has 0 amide bonds. The molecule has 1 aliphatic rings. The molecule has 0 bridgehead atoms. The molecule has 2 nitrogen and oxygen atoms in total. The van der Waals surface area contributed by atoms with Crippen LogP contribution in [0.4, 0.5) is 0 Å². The molecule has 3 atom stereocenters. The average molecular weight is 198 g/mol. The van der Waals surface area contributed by atoms with E-state index in [-0.39, 0.29) is 0 Å². The molecular formula is C12H26N2. The van der Waals surface area contributed by atoms with Crippen molar-refractivity contribution in [1.29, 1.82) is 0 Å². The quantitative estimate of drug-likeness (QED) is 0.727. The van der Waals surface area contributed by atoms with Crippen molar-refractivity contribution in [3.8, 4) is 0 Å². The molecule has 1 aliphatic carbocycles. The highest BCUT2D eigenvalue weighted by Crippen LogP contribution is 2.18. The maximum absolute atomic E-state index is 6.10. The lowest BCUT2D eigenvalue weighted by Gasteiger charge is -2.32. The van der Waals surface area contributed by atoms with Crippen LogP contribution < -0.4 is 11.1 Å². The van der Waals surface area contributed by atoms with Crippen molar-refractivity contribution in [3.63, 3.8) is 0 Å². The van der Waals surface area contributed by atoms with Gasteiger partial charge in [0, 0.05) is 18.1 Å². The van der Waals surface area contributed by atoms with Gasteiger partial charge in [-0.15, -0.1) is 0 Å². The first-order valence-electron chi connectivity index (χ1n) is 6.11. The Morgan fingerprint density at radius 2 is 1.86 bits per heavy atom. The molecule has 3 N–H and O–H groups in total. The highest BCUT2D eigenvalue weighted by Gasteiger charge is 2.22. The van der Waals surface area contributed by atoms with Gasteiger partial charge in [0.1, 0.15) is 0 Å². The summed E-state index contributed by atoms with van der Waals surface area (Å²) in [4.78, 5) is 0. The zero-order valence-corrected chi connectivity index (χ0v) is 9.92. The minimum Gasteiger partial charge on any atom is -0.326 e. The lowest BCUT2D eigenvalue weighted by Crippen LogP contribution is -2.50. The highest BCUT2D eigenvalue weighted by molar-refractivity contribution is 4.85. The molecular weight excluding hydrogens is 172 g/mol. The summed E-state index contributed by atoms with van der Waals surface area (Å²) in [5.74, 6) is 0.775. The fraction of sp³-hybridized carbons (Fsp3) is 1.00. The number of hydrogen-bond acceptors (Lipinski definition) is 2. The van der Waals surface area contributed by atoms with E-state index in [2.05, 4.69) is 26.1 Å². The lowest BCUT2D eigenvalue weighted by molar-refractivity contribution is 0.290. The molecule has 1 saturated carbocycles. The van der Waals surface area contributed by atoms with Crippen molar-refractivity contribution in [2.24, 2.45) is 11.7 Å². The van der Waals surface area contributed by atoms with E-state index in [1.807, 2.05) is 0 Å². The maximum Gasteiger partial charge on any atom is 0.0221 e. The topological polar surface area (TPSA) is 38.0 Å². The predicted molar refractivity (Wildman–Crippen MR) is 62.3 cm³/mol. The van der Waals surface area contributed by atoms with Crippen LogP contribution in [0.5, 0.6) is 0 Å². The Bertz CT molecular complexity index is 156. The third-order valence-electron chi connectivity index (χ3n) is 3.14. The Morgan fingerprint density at radius 1 is 1.21 bits per heavy atom. The van der Waals surface area contributed by atoms with Crippen LogP contribution in [-0.4, -0.2) is 18.1 Å². The number of nitrogens with one attached hydrogen (secondary N) is 1. The van der Waals surface area contributed by atoms with Crippen LogP contribution in [0.1, 0.15) is 52.9 Å². The van der Waals surface area contributed by atoms with Crippen molar-refractivity contribution >= 4 is 0 Å². The summed E-state index contributed by atoms with van der Waals surface area (Å²) in [5.41, 5.74) is 6.10. The summed E-state index contributed by atoms with van der Waals surface area (Å²) >= 11 is 0. The van der Waals surface area contributed by atoms with Crippen LogP contribution in [0.25, 0.3) is 0 Å². The zero-order valence-electron chi connectivity index (χ0n) is 9.92. The van der Waals surface area contributed by atoms with E-state index in [1.54, 1.807) is 0 Å². The summed E-state index contributed by atoms with van der Waals surface area (Å²) in [6.45, 7) is 6.83. The second-order valence-corrected chi connectivity index (χ2v) is 5.25. The van der Waals surface area contributed by atoms with E-state index in [9.17, 15) is 0 Å². The summed E-state index contributed by atoms with van der Waals surface area (Å²) < 4.78 is 0. The molecule has 2 heteroatoms. The summed E-state index contributed by atoms with van der Waals surface area (Å²) in [6.07, 6.45) is 6.39. The molecule has 0 aromatic rings. The van der Waals surface area contributed by atoms with Crippen molar-refractivity contribution in [3.05, 3.63) is 0 Å². The van der Waals surface area contributed by atoms with E-state index in [1.165, 1.54) is 32.1 Å². The zero-order chi connectivity index (χ0) is 10.6. The Morgan fingerprint density at radius 3 is 2.43 bits per heavy atom. The molecule has 1 fully saturated rings. The van der Waals surface area contributed by atoms with Crippen molar-refractivity contribution < 1.29 is 0 Å². The first kappa shape index (κ1) is 12.0.